The minimum absolute atomic E-state index is 0. The zero-order valence-corrected chi connectivity index (χ0v) is 8.75. The lowest BCUT2D eigenvalue weighted by Gasteiger charge is -2.06. The Kier molecular flexibility index (Phi) is 5.20. The van der Waals surface area contributed by atoms with Crippen molar-refractivity contribution < 1.29 is 9.90 Å². The molecule has 0 aliphatic heterocycles. The number of rotatable bonds is 3. The van der Waals surface area contributed by atoms with Gasteiger partial charge in [0.15, 0.2) is 0 Å². The first-order valence-corrected chi connectivity index (χ1v) is 4.17. The normalized spacial score (nSPS) is 11.6. The second-order valence-corrected chi connectivity index (χ2v) is 3.01. The summed E-state index contributed by atoms with van der Waals surface area (Å²) >= 11 is 0. The van der Waals surface area contributed by atoms with E-state index in [0.29, 0.717) is 6.54 Å². The molecule has 3 N–H and O–H groups in total. The van der Waals surface area contributed by atoms with E-state index in [1.54, 1.807) is 19.1 Å². The van der Waals surface area contributed by atoms with Gasteiger partial charge in [0.1, 0.15) is 0 Å². The highest BCUT2D eigenvalue weighted by Gasteiger charge is 2.12. The van der Waals surface area contributed by atoms with E-state index in [0.717, 1.165) is 11.1 Å². The molecule has 0 aromatic heterocycles. The molecule has 78 valence electrons. The molecular weight excluding hydrogens is 202 g/mol. The zero-order valence-electron chi connectivity index (χ0n) is 7.93. The number of carbonyl (C=O) groups is 1. The van der Waals surface area contributed by atoms with Gasteiger partial charge in [0.2, 0.25) is 0 Å². The number of aliphatic carboxylic acids is 1. The fraction of sp³-hybridized carbons (Fsp3) is 0.300. The molecule has 0 radical (unpaired) electrons. The van der Waals surface area contributed by atoms with Gasteiger partial charge >= 0.3 is 5.97 Å². The highest BCUT2D eigenvalue weighted by Crippen LogP contribution is 2.15. The fourth-order valence-electron chi connectivity index (χ4n) is 1.08. The van der Waals surface area contributed by atoms with Crippen LogP contribution in [0.4, 0.5) is 0 Å². The average Bonchev–Trinajstić information content (AvgIpc) is 2.17. The number of halogens is 1. The first kappa shape index (κ1) is 12.9. The van der Waals surface area contributed by atoms with E-state index in [4.69, 9.17) is 10.8 Å². The summed E-state index contributed by atoms with van der Waals surface area (Å²) in [5.74, 6) is -1.26. The third kappa shape index (κ3) is 3.01. The Morgan fingerprint density at radius 2 is 1.93 bits per heavy atom. The maximum atomic E-state index is 10.6. The van der Waals surface area contributed by atoms with Gasteiger partial charge in [0, 0.05) is 6.54 Å². The molecule has 3 nitrogen and oxygen atoms in total. The van der Waals surface area contributed by atoms with E-state index < -0.39 is 11.9 Å². The Labute approximate surface area is 89.3 Å². The average molecular weight is 216 g/mol. The lowest BCUT2D eigenvalue weighted by molar-refractivity contribution is -0.138. The van der Waals surface area contributed by atoms with Crippen molar-refractivity contribution in [2.75, 3.05) is 0 Å². The SMILES string of the molecule is CC(C(=O)O)c1ccc(CN)cc1.Cl. The molecule has 1 aromatic rings. The second kappa shape index (κ2) is 5.62. The molecule has 14 heavy (non-hydrogen) atoms. The highest BCUT2D eigenvalue weighted by atomic mass is 35.5. The minimum Gasteiger partial charge on any atom is -0.481 e. The van der Waals surface area contributed by atoms with Crippen LogP contribution in [0.15, 0.2) is 24.3 Å². The van der Waals surface area contributed by atoms with Crippen molar-refractivity contribution in [3.63, 3.8) is 0 Å². The third-order valence-corrected chi connectivity index (χ3v) is 2.09. The van der Waals surface area contributed by atoms with Crippen LogP contribution in [0, 0.1) is 0 Å². The molecule has 0 saturated carbocycles. The van der Waals surface area contributed by atoms with Crippen molar-refractivity contribution in [2.24, 2.45) is 5.73 Å². The van der Waals surface area contributed by atoms with Crippen LogP contribution in [0.1, 0.15) is 24.0 Å². The highest BCUT2D eigenvalue weighted by molar-refractivity contribution is 5.85. The molecule has 0 aliphatic carbocycles. The molecule has 1 rings (SSSR count). The molecule has 0 fully saturated rings. The molecule has 0 aliphatic rings. The van der Waals surface area contributed by atoms with Crippen molar-refractivity contribution in [3.05, 3.63) is 35.4 Å². The predicted octanol–water partition coefficient (Wildman–Crippen LogP) is 1.76. The van der Waals surface area contributed by atoms with Gasteiger partial charge in [-0.1, -0.05) is 24.3 Å². The molecule has 0 amide bonds. The van der Waals surface area contributed by atoms with Crippen LogP contribution in [0.2, 0.25) is 0 Å². The van der Waals surface area contributed by atoms with E-state index in [1.807, 2.05) is 12.1 Å². The van der Waals surface area contributed by atoms with Gasteiger partial charge in [-0.05, 0) is 18.1 Å². The molecule has 1 unspecified atom stereocenters. The van der Waals surface area contributed by atoms with Crippen molar-refractivity contribution in [1.29, 1.82) is 0 Å². The monoisotopic (exact) mass is 215 g/mol. The van der Waals surface area contributed by atoms with Gasteiger partial charge in [-0.15, -0.1) is 12.4 Å². The van der Waals surface area contributed by atoms with Crippen LogP contribution in [-0.4, -0.2) is 11.1 Å². The number of carboxylic acids is 1. The summed E-state index contributed by atoms with van der Waals surface area (Å²) in [6.45, 7) is 2.15. The van der Waals surface area contributed by atoms with E-state index >= 15 is 0 Å². The van der Waals surface area contributed by atoms with E-state index in [2.05, 4.69) is 0 Å². The number of hydrogen-bond acceptors (Lipinski definition) is 2. The molecule has 1 aromatic carbocycles. The minimum atomic E-state index is -0.805. The number of nitrogens with two attached hydrogens (primary N) is 1. The molecule has 0 heterocycles. The van der Waals surface area contributed by atoms with Gasteiger partial charge in [0.25, 0.3) is 0 Å². The van der Waals surface area contributed by atoms with Gasteiger partial charge in [0.05, 0.1) is 5.92 Å². The van der Waals surface area contributed by atoms with Crippen molar-refractivity contribution in [3.8, 4) is 0 Å². The van der Waals surface area contributed by atoms with Crippen LogP contribution in [0.3, 0.4) is 0 Å². The standard InChI is InChI=1S/C10H13NO2.ClH/c1-7(10(12)13)9-4-2-8(6-11)3-5-9;/h2-5,7H,6,11H2,1H3,(H,12,13);1H. The Morgan fingerprint density at radius 3 is 2.29 bits per heavy atom. The van der Waals surface area contributed by atoms with E-state index in [-0.39, 0.29) is 12.4 Å². The van der Waals surface area contributed by atoms with Crippen LogP contribution in [0.25, 0.3) is 0 Å². The van der Waals surface area contributed by atoms with Gasteiger partial charge < -0.3 is 10.8 Å². The van der Waals surface area contributed by atoms with Crippen LogP contribution in [-0.2, 0) is 11.3 Å². The maximum absolute atomic E-state index is 10.6. The summed E-state index contributed by atoms with van der Waals surface area (Å²) in [7, 11) is 0. The molecule has 4 heteroatoms. The Morgan fingerprint density at radius 1 is 1.43 bits per heavy atom. The molecule has 0 bridgehead atoms. The summed E-state index contributed by atoms with van der Waals surface area (Å²) in [5, 5.41) is 8.74. The van der Waals surface area contributed by atoms with E-state index in [1.165, 1.54) is 0 Å². The van der Waals surface area contributed by atoms with Crippen molar-refractivity contribution >= 4 is 18.4 Å². The summed E-state index contributed by atoms with van der Waals surface area (Å²) in [6, 6.07) is 7.32. The zero-order chi connectivity index (χ0) is 9.84. The summed E-state index contributed by atoms with van der Waals surface area (Å²) in [4.78, 5) is 10.6. The van der Waals surface area contributed by atoms with E-state index in [9.17, 15) is 4.79 Å². The van der Waals surface area contributed by atoms with Crippen molar-refractivity contribution in [1.82, 2.24) is 0 Å². The summed E-state index contributed by atoms with van der Waals surface area (Å²) < 4.78 is 0. The molecule has 1 atom stereocenters. The number of carboxylic acid groups (broad SMARTS) is 1. The fourth-order valence-corrected chi connectivity index (χ4v) is 1.08. The smallest absolute Gasteiger partial charge is 0.310 e. The summed E-state index contributed by atoms with van der Waals surface area (Å²) in [6.07, 6.45) is 0. The Bertz CT molecular complexity index is 297. The number of benzene rings is 1. The summed E-state index contributed by atoms with van der Waals surface area (Å²) in [5.41, 5.74) is 7.24. The molecule has 0 saturated heterocycles. The van der Waals surface area contributed by atoms with Crippen LogP contribution in [0.5, 0.6) is 0 Å². The van der Waals surface area contributed by atoms with Gasteiger partial charge in [-0.25, -0.2) is 0 Å². The molecule has 0 spiro atoms. The predicted molar refractivity (Wildman–Crippen MR) is 57.6 cm³/mol. The first-order valence-electron chi connectivity index (χ1n) is 4.17. The lowest BCUT2D eigenvalue weighted by Crippen LogP contribution is -2.07. The van der Waals surface area contributed by atoms with Gasteiger partial charge in [-0.3, -0.25) is 4.79 Å². The van der Waals surface area contributed by atoms with Crippen LogP contribution < -0.4 is 5.73 Å². The first-order chi connectivity index (χ1) is 6.15. The third-order valence-electron chi connectivity index (χ3n) is 2.09. The van der Waals surface area contributed by atoms with Crippen LogP contribution >= 0.6 is 12.4 Å². The topological polar surface area (TPSA) is 63.3 Å². The maximum Gasteiger partial charge on any atom is 0.310 e. The number of hydrogen-bond donors (Lipinski definition) is 2. The second-order valence-electron chi connectivity index (χ2n) is 3.01. The Balaban J connectivity index is 0.00000169. The quantitative estimate of drug-likeness (QED) is 0.808. The Hall–Kier alpha value is -1.06. The largest absolute Gasteiger partial charge is 0.481 e. The molecular formula is C10H14ClNO2. The lowest BCUT2D eigenvalue weighted by atomic mass is 10.0. The van der Waals surface area contributed by atoms with Gasteiger partial charge in [-0.2, -0.15) is 0 Å². The van der Waals surface area contributed by atoms with Crippen molar-refractivity contribution in [2.45, 2.75) is 19.4 Å².